The second kappa shape index (κ2) is 9.54. The molecule has 3 rings (SSSR count). The van der Waals surface area contributed by atoms with Crippen molar-refractivity contribution < 1.29 is 9.59 Å². The number of hydrogen-bond acceptors (Lipinski definition) is 4. The average molecular weight is 390 g/mol. The molecule has 1 saturated heterocycles. The van der Waals surface area contributed by atoms with Crippen LogP contribution in [-0.4, -0.2) is 81.9 Å². The molecule has 0 aliphatic carbocycles. The summed E-state index contributed by atoms with van der Waals surface area (Å²) in [6, 6.07) is 0. The van der Waals surface area contributed by atoms with Crippen molar-refractivity contribution in [3.63, 3.8) is 0 Å². The second-order valence-electron chi connectivity index (χ2n) is 7.86. The Bertz CT molecular complexity index is 685. The van der Waals surface area contributed by atoms with E-state index < -0.39 is 0 Å². The van der Waals surface area contributed by atoms with Crippen LogP contribution in [0.5, 0.6) is 0 Å². The van der Waals surface area contributed by atoms with Gasteiger partial charge in [-0.2, -0.15) is 0 Å². The van der Waals surface area contributed by atoms with Crippen LogP contribution >= 0.6 is 0 Å². The smallest absolute Gasteiger partial charge is 0.289 e. The molecule has 0 aromatic carbocycles. The van der Waals surface area contributed by atoms with Crippen molar-refractivity contribution in [1.29, 1.82) is 0 Å². The number of piperazine rings is 1. The van der Waals surface area contributed by atoms with Gasteiger partial charge in [0, 0.05) is 45.8 Å². The van der Waals surface area contributed by atoms with Crippen LogP contribution in [0.15, 0.2) is 0 Å². The molecule has 1 aromatic rings. The van der Waals surface area contributed by atoms with Gasteiger partial charge in [-0.05, 0) is 38.6 Å². The number of rotatable bonds is 7. The molecule has 0 radical (unpaired) electrons. The molecule has 7 nitrogen and oxygen atoms in total. The van der Waals surface area contributed by atoms with Crippen LogP contribution in [0, 0.1) is 0 Å². The number of imidazole rings is 1. The Hall–Kier alpha value is -1.89. The number of fused-ring (bicyclic) bond motifs is 1. The molecule has 1 aromatic heterocycles. The molecule has 28 heavy (non-hydrogen) atoms. The molecule has 3 heterocycles. The van der Waals surface area contributed by atoms with E-state index in [-0.39, 0.29) is 11.8 Å². The lowest BCUT2D eigenvalue weighted by Crippen LogP contribution is -2.49. The van der Waals surface area contributed by atoms with Crippen LogP contribution in [0.2, 0.25) is 0 Å². The summed E-state index contributed by atoms with van der Waals surface area (Å²) in [5, 5.41) is 0. The topological polar surface area (TPSA) is 61.7 Å². The highest BCUT2D eigenvalue weighted by Gasteiger charge is 2.32. The predicted octanol–water partition coefficient (Wildman–Crippen LogP) is 2.26. The molecule has 2 amide bonds. The summed E-state index contributed by atoms with van der Waals surface area (Å²) in [7, 11) is 0. The number of likely N-dealkylation sites (N-methyl/N-ethyl adjacent to an activating group) is 1. The van der Waals surface area contributed by atoms with Crippen molar-refractivity contribution in [3.8, 4) is 0 Å². The number of carbonyl (C=O) groups excluding carboxylic acids is 2. The van der Waals surface area contributed by atoms with Crippen molar-refractivity contribution in [2.75, 3.05) is 45.8 Å². The molecule has 0 bridgehead atoms. The first kappa shape index (κ1) is 20.8. The standard InChI is InChI=1S/C21H35N5O2/c1-4-10-24(11-5-2)20(27)18-17-9-7-8-12-26(17)19(22-18)21(28)25-15-13-23(6-3)14-16-25/h4-16H2,1-3H3. The summed E-state index contributed by atoms with van der Waals surface area (Å²) in [4.78, 5) is 37.2. The molecule has 0 unspecified atom stereocenters. The van der Waals surface area contributed by atoms with Gasteiger partial charge in [-0.25, -0.2) is 4.98 Å². The quantitative estimate of drug-likeness (QED) is 0.718. The molecule has 0 N–H and O–H groups in total. The van der Waals surface area contributed by atoms with Gasteiger partial charge >= 0.3 is 0 Å². The first-order chi connectivity index (χ1) is 13.6. The van der Waals surface area contributed by atoms with Crippen molar-refractivity contribution in [2.45, 2.75) is 59.4 Å². The van der Waals surface area contributed by atoms with Gasteiger partial charge in [-0.15, -0.1) is 0 Å². The van der Waals surface area contributed by atoms with Gasteiger partial charge in [0.05, 0.1) is 5.69 Å². The monoisotopic (exact) mass is 389 g/mol. The minimum Gasteiger partial charge on any atom is -0.337 e. The zero-order valence-electron chi connectivity index (χ0n) is 17.7. The Balaban J connectivity index is 1.86. The van der Waals surface area contributed by atoms with Gasteiger partial charge in [-0.1, -0.05) is 20.8 Å². The molecule has 7 heteroatoms. The molecule has 156 valence electrons. The van der Waals surface area contributed by atoms with Crippen LogP contribution in [0.4, 0.5) is 0 Å². The maximum Gasteiger partial charge on any atom is 0.289 e. The number of carbonyl (C=O) groups is 2. The summed E-state index contributed by atoms with van der Waals surface area (Å²) < 4.78 is 2.03. The Morgan fingerprint density at radius 1 is 0.964 bits per heavy atom. The molecule has 0 spiro atoms. The summed E-state index contributed by atoms with van der Waals surface area (Å²) in [6.07, 6.45) is 4.77. The molecule has 2 aliphatic heterocycles. The van der Waals surface area contributed by atoms with E-state index in [1.165, 1.54) is 0 Å². The lowest BCUT2D eigenvalue weighted by molar-refractivity contribution is 0.0625. The fourth-order valence-electron chi connectivity index (χ4n) is 4.29. The van der Waals surface area contributed by atoms with E-state index in [1.807, 2.05) is 14.4 Å². The van der Waals surface area contributed by atoms with E-state index in [1.54, 1.807) is 0 Å². The van der Waals surface area contributed by atoms with E-state index in [9.17, 15) is 9.59 Å². The van der Waals surface area contributed by atoms with Crippen LogP contribution in [0.25, 0.3) is 0 Å². The molecular weight excluding hydrogens is 354 g/mol. The molecule has 1 fully saturated rings. The van der Waals surface area contributed by atoms with Gasteiger partial charge in [0.1, 0.15) is 5.69 Å². The third-order valence-electron chi connectivity index (χ3n) is 5.89. The number of hydrogen-bond donors (Lipinski definition) is 0. The summed E-state index contributed by atoms with van der Waals surface area (Å²) in [5.74, 6) is 0.440. The lowest BCUT2D eigenvalue weighted by atomic mass is 10.1. The van der Waals surface area contributed by atoms with E-state index in [0.717, 1.165) is 90.2 Å². The molecule has 0 saturated carbocycles. The van der Waals surface area contributed by atoms with Gasteiger partial charge in [0.2, 0.25) is 0 Å². The van der Waals surface area contributed by atoms with E-state index in [4.69, 9.17) is 0 Å². The van der Waals surface area contributed by atoms with Crippen LogP contribution < -0.4 is 0 Å². The Morgan fingerprint density at radius 2 is 1.64 bits per heavy atom. The van der Waals surface area contributed by atoms with Gasteiger partial charge < -0.3 is 19.3 Å². The lowest BCUT2D eigenvalue weighted by Gasteiger charge is -2.34. The summed E-state index contributed by atoms with van der Waals surface area (Å²) >= 11 is 0. The highest BCUT2D eigenvalue weighted by molar-refractivity contribution is 5.97. The number of aromatic nitrogens is 2. The van der Waals surface area contributed by atoms with Crippen molar-refractivity contribution >= 4 is 11.8 Å². The minimum absolute atomic E-state index is 0.01000. The zero-order chi connectivity index (χ0) is 20.1. The Labute approximate surface area is 168 Å². The van der Waals surface area contributed by atoms with E-state index in [2.05, 4.69) is 30.7 Å². The average Bonchev–Trinajstić information content (AvgIpc) is 3.12. The van der Waals surface area contributed by atoms with Crippen molar-refractivity contribution in [1.82, 2.24) is 24.3 Å². The van der Waals surface area contributed by atoms with Crippen LogP contribution in [-0.2, 0) is 13.0 Å². The summed E-state index contributed by atoms with van der Waals surface area (Å²) in [6.45, 7) is 12.9. The van der Waals surface area contributed by atoms with Gasteiger partial charge in [0.25, 0.3) is 11.8 Å². The third-order valence-corrected chi connectivity index (χ3v) is 5.89. The van der Waals surface area contributed by atoms with Gasteiger partial charge in [0.15, 0.2) is 5.82 Å². The highest BCUT2D eigenvalue weighted by atomic mass is 16.2. The van der Waals surface area contributed by atoms with Crippen molar-refractivity contribution in [2.24, 2.45) is 0 Å². The number of amides is 2. The van der Waals surface area contributed by atoms with Crippen LogP contribution in [0.3, 0.4) is 0 Å². The van der Waals surface area contributed by atoms with Gasteiger partial charge in [-0.3, -0.25) is 9.59 Å². The minimum atomic E-state index is -0.0181. The second-order valence-corrected chi connectivity index (χ2v) is 7.86. The normalized spacial score (nSPS) is 17.5. The third kappa shape index (κ3) is 4.24. The Kier molecular flexibility index (Phi) is 7.10. The number of nitrogens with zero attached hydrogens (tertiary/aromatic N) is 5. The maximum atomic E-state index is 13.2. The zero-order valence-corrected chi connectivity index (χ0v) is 17.7. The molecular formula is C21H35N5O2. The van der Waals surface area contributed by atoms with E-state index in [0.29, 0.717) is 11.5 Å². The molecule has 0 atom stereocenters. The van der Waals surface area contributed by atoms with Crippen molar-refractivity contribution in [3.05, 3.63) is 17.2 Å². The summed E-state index contributed by atoms with van der Waals surface area (Å²) in [5.41, 5.74) is 1.47. The predicted molar refractivity (Wildman–Crippen MR) is 110 cm³/mol. The fraction of sp³-hybridized carbons (Fsp3) is 0.762. The Morgan fingerprint density at radius 3 is 2.25 bits per heavy atom. The fourth-order valence-corrected chi connectivity index (χ4v) is 4.29. The highest BCUT2D eigenvalue weighted by Crippen LogP contribution is 2.24. The SMILES string of the molecule is CCCN(CCC)C(=O)c1nc(C(=O)N2CCN(CC)CC2)n2c1CCCC2. The maximum absolute atomic E-state index is 13.2. The molecule has 2 aliphatic rings. The largest absolute Gasteiger partial charge is 0.337 e. The first-order valence-corrected chi connectivity index (χ1v) is 11.0. The first-order valence-electron chi connectivity index (χ1n) is 11.0. The van der Waals surface area contributed by atoms with E-state index >= 15 is 0 Å². The van der Waals surface area contributed by atoms with Crippen LogP contribution in [0.1, 0.15) is 73.3 Å².